The number of ether oxygens (including phenoxy) is 1. The Labute approximate surface area is 234 Å². The molecule has 0 radical (unpaired) electrons. The van der Waals surface area contributed by atoms with Crippen LogP contribution in [-0.4, -0.2) is 34.3 Å². The van der Waals surface area contributed by atoms with E-state index in [2.05, 4.69) is 72.1 Å². The van der Waals surface area contributed by atoms with Crippen LogP contribution in [0, 0.1) is 27.7 Å². The van der Waals surface area contributed by atoms with E-state index in [1.54, 1.807) is 0 Å². The number of nitrogens with one attached hydrogen (secondary N) is 2. The molecule has 2 aromatic carbocycles. The summed E-state index contributed by atoms with van der Waals surface area (Å²) in [5, 5.41) is 7.03. The maximum Gasteiger partial charge on any atom is 0.250 e. The molecule has 8 heteroatoms. The van der Waals surface area contributed by atoms with Crippen molar-refractivity contribution in [1.82, 2.24) is 14.9 Å². The molecule has 0 unspecified atom stereocenters. The second-order valence-electron chi connectivity index (χ2n) is 9.98. The average Bonchev–Trinajstić information content (AvgIpc) is 3.41. The van der Waals surface area contributed by atoms with E-state index in [9.17, 15) is 4.79 Å². The number of nitrogens with zero attached hydrogens (tertiary/aromatic N) is 3. The Morgan fingerprint density at radius 2 is 1.82 bits per heavy atom. The van der Waals surface area contributed by atoms with E-state index in [0.29, 0.717) is 10.8 Å². The Morgan fingerprint density at radius 3 is 2.51 bits per heavy atom. The van der Waals surface area contributed by atoms with Gasteiger partial charge in [-0.15, -0.1) is 0 Å². The Kier molecular flexibility index (Phi) is 7.50. The average molecular weight is 540 g/mol. The van der Waals surface area contributed by atoms with Gasteiger partial charge in [0.15, 0.2) is 5.11 Å². The highest BCUT2D eigenvalue weighted by Crippen LogP contribution is 2.44. The lowest BCUT2D eigenvalue weighted by molar-refractivity contribution is -0.119. The van der Waals surface area contributed by atoms with Crippen molar-refractivity contribution < 1.29 is 9.53 Å². The fourth-order valence-electron chi connectivity index (χ4n) is 5.40. The van der Waals surface area contributed by atoms with Crippen LogP contribution in [0.3, 0.4) is 0 Å². The number of aromatic nitrogens is 2. The summed E-state index contributed by atoms with van der Waals surface area (Å²) in [6.07, 6.45) is 1.82. The summed E-state index contributed by atoms with van der Waals surface area (Å²) >= 11 is 5.92. The largest absolute Gasteiger partial charge is 0.375 e. The molecule has 0 bridgehead atoms. The van der Waals surface area contributed by atoms with Crippen molar-refractivity contribution in [3.05, 3.63) is 107 Å². The topological polar surface area (TPSA) is 71.4 Å². The predicted octanol–water partition coefficient (Wildman–Crippen LogP) is 5.87. The number of amides is 1. The van der Waals surface area contributed by atoms with Crippen molar-refractivity contribution in [1.29, 1.82) is 0 Å². The molecular formula is C31H33N5O2S. The molecule has 7 nitrogen and oxygen atoms in total. The number of aryl methyl sites for hydroxylation is 3. The van der Waals surface area contributed by atoms with Gasteiger partial charge in [-0.25, -0.2) is 0 Å². The molecule has 3 heterocycles. The van der Waals surface area contributed by atoms with Crippen molar-refractivity contribution in [3.8, 4) is 5.69 Å². The van der Waals surface area contributed by atoms with Gasteiger partial charge in [0.05, 0.1) is 17.8 Å². The first-order valence-electron chi connectivity index (χ1n) is 12.9. The molecular weight excluding hydrogens is 506 g/mol. The van der Waals surface area contributed by atoms with Crippen LogP contribution < -0.4 is 15.5 Å². The molecule has 1 aliphatic rings. The van der Waals surface area contributed by atoms with Gasteiger partial charge in [0.2, 0.25) is 5.91 Å². The van der Waals surface area contributed by atoms with Crippen LogP contribution in [0.2, 0.25) is 0 Å². The molecule has 39 heavy (non-hydrogen) atoms. The number of pyridine rings is 1. The lowest BCUT2D eigenvalue weighted by Gasteiger charge is -2.28. The molecule has 0 aliphatic carbocycles. The maximum absolute atomic E-state index is 12.0. The number of thiocarbonyl (C=S) groups is 1. The number of carbonyl (C=O) groups is 1. The van der Waals surface area contributed by atoms with Crippen LogP contribution in [-0.2, 0) is 9.53 Å². The summed E-state index contributed by atoms with van der Waals surface area (Å²) in [6, 6.07) is 22.2. The Hall–Kier alpha value is -4.01. The number of carbonyl (C=O) groups excluding carboxylic acids is 1. The van der Waals surface area contributed by atoms with Crippen molar-refractivity contribution in [2.24, 2.45) is 0 Å². The number of methoxy groups -OCH3 is 1. The maximum atomic E-state index is 12.0. The first-order chi connectivity index (χ1) is 18.8. The SMILES string of the molecule is COCC(=O)Nc1ccc(N2C(=S)N[C@@H](c3ccccn3)[C@H]2c2cc(C)n(-c3cc(C)ccc3C)c2C)cc1. The molecule has 2 N–H and O–H groups in total. The molecule has 1 aliphatic heterocycles. The van der Waals surface area contributed by atoms with Gasteiger partial charge in [-0.3, -0.25) is 9.78 Å². The first-order valence-corrected chi connectivity index (χ1v) is 13.3. The predicted molar refractivity (Wildman–Crippen MR) is 160 cm³/mol. The standard InChI is InChI=1S/C31H33N5O2S/c1-19-9-10-20(2)27(16-19)35-21(3)17-25(22(35)4)30-29(26-8-6-7-15-32-26)34-31(39)36(30)24-13-11-23(12-14-24)33-28(37)18-38-5/h6-17,29-30H,18H2,1-5H3,(H,33,37)(H,34,39)/t29-,30+/m0/s1. The van der Waals surface area contributed by atoms with Crippen molar-refractivity contribution in [2.75, 3.05) is 23.9 Å². The number of anilines is 2. The van der Waals surface area contributed by atoms with Crippen LogP contribution in [0.15, 0.2) is 72.9 Å². The van der Waals surface area contributed by atoms with E-state index in [-0.39, 0.29) is 24.6 Å². The highest BCUT2D eigenvalue weighted by molar-refractivity contribution is 7.80. The summed E-state index contributed by atoms with van der Waals surface area (Å²) in [5.74, 6) is -0.199. The molecule has 4 aromatic rings. The van der Waals surface area contributed by atoms with Crippen LogP contribution in [0.4, 0.5) is 11.4 Å². The number of hydrogen-bond donors (Lipinski definition) is 2. The van der Waals surface area contributed by atoms with Gasteiger partial charge in [-0.1, -0.05) is 18.2 Å². The van der Waals surface area contributed by atoms with E-state index < -0.39 is 0 Å². The molecule has 1 amide bonds. The van der Waals surface area contributed by atoms with E-state index in [1.165, 1.54) is 29.5 Å². The van der Waals surface area contributed by atoms with Crippen LogP contribution in [0.25, 0.3) is 5.69 Å². The third kappa shape index (κ3) is 5.17. The fraction of sp³-hybridized carbons (Fsp3) is 0.258. The van der Waals surface area contributed by atoms with Gasteiger partial charge in [0.1, 0.15) is 6.61 Å². The zero-order valence-electron chi connectivity index (χ0n) is 22.9. The van der Waals surface area contributed by atoms with Gasteiger partial charge in [0, 0.05) is 41.8 Å². The third-order valence-electron chi connectivity index (χ3n) is 7.20. The van der Waals surface area contributed by atoms with Gasteiger partial charge < -0.3 is 24.8 Å². The highest BCUT2D eigenvalue weighted by atomic mass is 32.1. The molecule has 1 fully saturated rings. The number of benzene rings is 2. The minimum absolute atomic E-state index is 0.00570. The zero-order chi connectivity index (χ0) is 27.7. The quantitative estimate of drug-likeness (QED) is 0.286. The summed E-state index contributed by atoms with van der Waals surface area (Å²) in [4.78, 5) is 18.8. The smallest absolute Gasteiger partial charge is 0.250 e. The lowest BCUT2D eigenvalue weighted by Crippen LogP contribution is -2.29. The normalized spacial score (nSPS) is 16.8. The summed E-state index contributed by atoms with van der Waals surface area (Å²) in [6.45, 7) is 8.60. The van der Waals surface area contributed by atoms with Gasteiger partial charge >= 0.3 is 0 Å². The first kappa shape index (κ1) is 26.6. The van der Waals surface area contributed by atoms with Gasteiger partial charge in [0.25, 0.3) is 0 Å². The van der Waals surface area contributed by atoms with E-state index >= 15 is 0 Å². The van der Waals surface area contributed by atoms with E-state index in [0.717, 1.165) is 22.8 Å². The Bertz CT molecular complexity index is 1510. The van der Waals surface area contributed by atoms with E-state index in [4.69, 9.17) is 21.9 Å². The molecule has 2 atom stereocenters. The summed E-state index contributed by atoms with van der Waals surface area (Å²) in [7, 11) is 1.50. The summed E-state index contributed by atoms with van der Waals surface area (Å²) in [5.41, 5.74) is 9.67. The Morgan fingerprint density at radius 1 is 1.05 bits per heavy atom. The molecule has 1 saturated heterocycles. The van der Waals surface area contributed by atoms with Crippen molar-refractivity contribution >= 4 is 34.6 Å². The number of rotatable bonds is 7. The second kappa shape index (κ2) is 11.0. The Balaban J connectivity index is 1.60. The molecule has 0 saturated carbocycles. The minimum Gasteiger partial charge on any atom is -0.375 e. The van der Waals surface area contributed by atoms with Crippen molar-refractivity contribution in [2.45, 2.75) is 39.8 Å². The number of hydrogen-bond acceptors (Lipinski definition) is 4. The molecule has 2 aromatic heterocycles. The fourth-order valence-corrected chi connectivity index (χ4v) is 5.75. The van der Waals surface area contributed by atoms with Crippen LogP contribution in [0.5, 0.6) is 0 Å². The third-order valence-corrected chi connectivity index (χ3v) is 7.51. The van der Waals surface area contributed by atoms with Gasteiger partial charge in [-0.05, 0) is 105 Å². The second-order valence-corrected chi connectivity index (χ2v) is 10.4. The lowest BCUT2D eigenvalue weighted by atomic mass is 9.96. The highest BCUT2D eigenvalue weighted by Gasteiger charge is 2.42. The van der Waals surface area contributed by atoms with Crippen LogP contribution >= 0.6 is 12.2 Å². The van der Waals surface area contributed by atoms with Crippen molar-refractivity contribution in [3.63, 3.8) is 0 Å². The monoisotopic (exact) mass is 539 g/mol. The van der Waals surface area contributed by atoms with Crippen LogP contribution in [0.1, 0.15) is 45.9 Å². The molecule has 0 spiro atoms. The van der Waals surface area contributed by atoms with E-state index in [1.807, 2.05) is 48.7 Å². The summed E-state index contributed by atoms with van der Waals surface area (Å²) < 4.78 is 7.26. The van der Waals surface area contributed by atoms with Gasteiger partial charge in [-0.2, -0.15) is 0 Å². The molecule has 5 rings (SSSR count). The molecule has 200 valence electrons. The zero-order valence-corrected chi connectivity index (χ0v) is 23.7. The minimum atomic E-state index is -0.199.